The number of halogens is 1. The Balaban J connectivity index is 1.45. The molecule has 3 aliphatic heterocycles. The zero-order valence-electron chi connectivity index (χ0n) is 15.6. The van der Waals surface area contributed by atoms with Crippen LogP contribution in [-0.4, -0.2) is 73.2 Å². The molecule has 1 atom stereocenters. The van der Waals surface area contributed by atoms with Crippen LogP contribution in [0.5, 0.6) is 0 Å². The highest BCUT2D eigenvalue weighted by Gasteiger charge is 2.31. The number of carbonyl (C=O) groups is 1. The molecule has 1 unspecified atom stereocenters. The Bertz CT molecular complexity index is 759. The zero-order chi connectivity index (χ0) is 18.8. The van der Waals surface area contributed by atoms with Gasteiger partial charge in [0.1, 0.15) is 6.17 Å². The van der Waals surface area contributed by atoms with Crippen molar-refractivity contribution in [2.24, 2.45) is 10.2 Å². The van der Waals surface area contributed by atoms with Gasteiger partial charge in [0.2, 0.25) is 0 Å². The molecule has 2 amide bonds. The summed E-state index contributed by atoms with van der Waals surface area (Å²) in [6.07, 6.45) is 4.80. The number of likely N-dealkylation sites (N-methyl/N-ethyl adjacent to an activating group) is 1. The molecule has 1 aromatic rings. The number of piperazine rings is 1. The lowest BCUT2D eigenvalue weighted by Crippen LogP contribution is -2.55. The van der Waals surface area contributed by atoms with Gasteiger partial charge in [0, 0.05) is 63.5 Å². The topological polar surface area (TPSA) is 54.8 Å². The molecule has 8 heteroatoms. The smallest absolute Gasteiger partial charge is 0.322 e. The number of rotatable bonds is 1. The van der Waals surface area contributed by atoms with E-state index in [1.807, 2.05) is 34.1 Å². The van der Waals surface area contributed by atoms with Gasteiger partial charge in [0.25, 0.3) is 0 Å². The number of azo groups is 1. The predicted molar refractivity (Wildman–Crippen MR) is 106 cm³/mol. The number of hydrogen-bond acceptors (Lipinski definition) is 5. The molecule has 1 saturated heterocycles. The molecular formula is C19H25ClN6O. The number of nitrogens with zero attached hydrogens (tertiary/aromatic N) is 6. The molecule has 3 aliphatic rings. The summed E-state index contributed by atoms with van der Waals surface area (Å²) < 4.78 is 0. The van der Waals surface area contributed by atoms with Crippen molar-refractivity contribution in [3.63, 3.8) is 0 Å². The van der Waals surface area contributed by atoms with Crippen molar-refractivity contribution >= 4 is 23.3 Å². The van der Waals surface area contributed by atoms with Gasteiger partial charge in [-0.15, -0.1) is 0 Å². The van der Waals surface area contributed by atoms with Crippen LogP contribution in [-0.2, 0) is 6.54 Å². The first-order chi connectivity index (χ1) is 13.1. The fourth-order valence-electron chi connectivity index (χ4n) is 3.90. The van der Waals surface area contributed by atoms with Gasteiger partial charge in [-0.05, 0) is 30.8 Å². The standard InChI is InChI=1S/C19H25ClN6O/c1-23-7-12-26(17-5-4-16(20)13-15(17)14-23)19(27)25-10-8-24(9-11-25)18-3-2-6-21-22-18/h2,4-6,13,18H,3,7-12,14H2,1H3. The lowest BCUT2D eigenvalue weighted by Gasteiger charge is -2.39. The van der Waals surface area contributed by atoms with Crippen molar-refractivity contribution in [2.45, 2.75) is 19.1 Å². The summed E-state index contributed by atoms with van der Waals surface area (Å²) in [4.78, 5) is 21.7. The van der Waals surface area contributed by atoms with Crippen molar-refractivity contribution < 1.29 is 4.79 Å². The summed E-state index contributed by atoms with van der Waals surface area (Å²) in [7, 11) is 2.07. The molecule has 1 aromatic carbocycles. The molecule has 3 heterocycles. The average Bonchev–Trinajstić information content (AvgIpc) is 2.86. The Morgan fingerprint density at radius 1 is 1.15 bits per heavy atom. The third-order valence-corrected chi connectivity index (χ3v) is 5.67. The van der Waals surface area contributed by atoms with Crippen LogP contribution >= 0.6 is 11.6 Å². The maximum absolute atomic E-state index is 13.3. The fourth-order valence-corrected chi connectivity index (χ4v) is 4.09. The van der Waals surface area contributed by atoms with Crippen molar-refractivity contribution in [1.82, 2.24) is 14.7 Å². The van der Waals surface area contributed by atoms with E-state index in [-0.39, 0.29) is 12.2 Å². The van der Waals surface area contributed by atoms with E-state index < -0.39 is 0 Å². The zero-order valence-corrected chi connectivity index (χ0v) is 16.3. The molecule has 1 fully saturated rings. The Labute approximate surface area is 164 Å². The average molecular weight is 389 g/mol. The van der Waals surface area contributed by atoms with E-state index in [0.717, 1.165) is 43.9 Å². The minimum atomic E-state index is 0.0821. The first-order valence-corrected chi connectivity index (χ1v) is 9.82. The first-order valence-electron chi connectivity index (χ1n) is 9.44. The Kier molecular flexibility index (Phi) is 5.43. The SMILES string of the molecule is CN1CCN(C(=O)N2CCN(C3CC=CN=N3)CC2)c2ccc(Cl)cc2C1. The van der Waals surface area contributed by atoms with Crippen LogP contribution < -0.4 is 4.90 Å². The second kappa shape index (κ2) is 7.96. The van der Waals surface area contributed by atoms with Gasteiger partial charge in [-0.3, -0.25) is 9.80 Å². The molecule has 0 N–H and O–H groups in total. The molecule has 0 aromatic heterocycles. The van der Waals surface area contributed by atoms with Crippen LogP contribution in [0.3, 0.4) is 0 Å². The van der Waals surface area contributed by atoms with Crippen LogP contribution in [0, 0.1) is 0 Å². The molecule has 4 rings (SSSR count). The largest absolute Gasteiger partial charge is 0.324 e. The monoisotopic (exact) mass is 388 g/mol. The quantitative estimate of drug-likeness (QED) is 0.743. The minimum Gasteiger partial charge on any atom is -0.322 e. The highest BCUT2D eigenvalue weighted by Crippen LogP contribution is 2.29. The van der Waals surface area contributed by atoms with Gasteiger partial charge < -0.3 is 9.80 Å². The number of fused-ring (bicyclic) bond motifs is 1. The van der Waals surface area contributed by atoms with E-state index in [9.17, 15) is 4.79 Å². The fraction of sp³-hybridized carbons (Fsp3) is 0.526. The Hall–Kier alpha value is -1.96. The maximum Gasteiger partial charge on any atom is 0.324 e. The number of urea groups is 1. The second-order valence-corrected chi connectivity index (χ2v) is 7.74. The summed E-state index contributed by atoms with van der Waals surface area (Å²) in [5.74, 6) is 0. The molecule has 27 heavy (non-hydrogen) atoms. The van der Waals surface area contributed by atoms with Gasteiger partial charge in [-0.1, -0.05) is 17.7 Å². The van der Waals surface area contributed by atoms with E-state index in [2.05, 4.69) is 27.1 Å². The summed E-state index contributed by atoms with van der Waals surface area (Å²) >= 11 is 6.18. The van der Waals surface area contributed by atoms with Crippen molar-refractivity contribution in [3.8, 4) is 0 Å². The van der Waals surface area contributed by atoms with E-state index in [4.69, 9.17) is 11.6 Å². The predicted octanol–water partition coefficient (Wildman–Crippen LogP) is 3.03. The van der Waals surface area contributed by atoms with Gasteiger partial charge in [-0.2, -0.15) is 10.2 Å². The number of carbonyl (C=O) groups excluding carboxylic acids is 1. The van der Waals surface area contributed by atoms with E-state index in [1.165, 1.54) is 0 Å². The lowest BCUT2D eigenvalue weighted by molar-refractivity contribution is 0.110. The Morgan fingerprint density at radius 3 is 2.70 bits per heavy atom. The highest BCUT2D eigenvalue weighted by molar-refractivity contribution is 6.30. The molecule has 0 radical (unpaired) electrons. The van der Waals surface area contributed by atoms with Crippen molar-refractivity contribution in [2.75, 3.05) is 51.2 Å². The summed E-state index contributed by atoms with van der Waals surface area (Å²) in [5, 5.41) is 9.02. The van der Waals surface area contributed by atoms with Gasteiger partial charge in [0.15, 0.2) is 0 Å². The van der Waals surface area contributed by atoms with Crippen LogP contribution in [0.4, 0.5) is 10.5 Å². The van der Waals surface area contributed by atoms with Crippen LogP contribution in [0.15, 0.2) is 40.7 Å². The molecule has 0 bridgehead atoms. The number of amides is 2. The number of anilines is 1. The van der Waals surface area contributed by atoms with E-state index >= 15 is 0 Å². The van der Waals surface area contributed by atoms with Crippen LogP contribution in [0.25, 0.3) is 0 Å². The number of benzene rings is 1. The summed E-state index contributed by atoms with van der Waals surface area (Å²) in [5.41, 5.74) is 2.08. The van der Waals surface area contributed by atoms with Crippen molar-refractivity contribution in [3.05, 3.63) is 41.1 Å². The third kappa shape index (κ3) is 4.00. The maximum atomic E-state index is 13.3. The highest BCUT2D eigenvalue weighted by atomic mass is 35.5. The van der Waals surface area contributed by atoms with Crippen LogP contribution in [0.1, 0.15) is 12.0 Å². The van der Waals surface area contributed by atoms with Crippen molar-refractivity contribution in [1.29, 1.82) is 0 Å². The van der Waals surface area contributed by atoms with Crippen LogP contribution in [0.2, 0.25) is 5.02 Å². The van der Waals surface area contributed by atoms with E-state index in [1.54, 1.807) is 6.20 Å². The third-order valence-electron chi connectivity index (χ3n) is 5.43. The molecule has 7 nitrogen and oxygen atoms in total. The normalized spacial score (nSPS) is 24.0. The number of hydrogen-bond donors (Lipinski definition) is 0. The molecule has 0 spiro atoms. The first kappa shape index (κ1) is 18.4. The summed E-state index contributed by atoms with van der Waals surface area (Å²) in [6, 6.07) is 5.89. The molecule has 0 aliphatic carbocycles. The Morgan fingerprint density at radius 2 is 1.96 bits per heavy atom. The molecular weight excluding hydrogens is 364 g/mol. The molecule has 144 valence electrons. The second-order valence-electron chi connectivity index (χ2n) is 7.30. The molecule has 0 saturated carbocycles. The van der Waals surface area contributed by atoms with Gasteiger partial charge in [-0.25, -0.2) is 4.79 Å². The lowest BCUT2D eigenvalue weighted by atomic mass is 10.1. The van der Waals surface area contributed by atoms with E-state index in [0.29, 0.717) is 24.7 Å². The van der Waals surface area contributed by atoms with Gasteiger partial charge in [0.05, 0.1) is 5.69 Å². The minimum absolute atomic E-state index is 0.0821. The summed E-state index contributed by atoms with van der Waals surface area (Å²) in [6.45, 7) is 5.40. The van der Waals surface area contributed by atoms with Gasteiger partial charge >= 0.3 is 6.03 Å².